The van der Waals surface area contributed by atoms with Gasteiger partial charge in [-0.05, 0) is 45.1 Å². The summed E-state index contributed by atoms with van der Waals surface area (Å²) in [6, 6.07) is 0. The van der Waals surface area contributed by atoms with Gasteiger partial charge in [-0.25, -0.2) is 4.79 Å². The highest BCUT2D eigenvalue weighted by Gasteiger charge is 2.22. The first-order chi connectivity index (χ1) is 9.10. The molecule has 1 aliphatic rings. The first kappa shape index (κ1) is 19.3. The van der Waals surface area contributed by atoms with Crippen LogP contribution in [-0.4, -0.2) is 42.3 Å². The fourth-order valence-electron chi connectivity index (χ4n) is 1.87. The van der Waals surface area contributed by atoms with Crippen LogP contribution in [0.5, 0.6) is 0 Å². The Balaban J connectivity index is 0.00000361. The smallest absolute Gasteiger partial charge is 0.335 e. The second-order valence-electron chi connectivity index (χ2n) is 4.20. The summed E-state index contributed by atoms with van der Waals surface area (Å²) in [5, 5.41) is 0. The van der Waals surface area contributed by atoms with Crippen molar-refractivity contribution in [3.8, 4) is 0 Å². The van der Waals surface area contributed by atoms with Gasteiger partial charge in [0.25, 0.3) is 0 Å². The zero-order valence-electron chi connectivity index (χ0n) is 12.1. The van der Waals surface area contributed by atoms with E-state index < -0.39 is 0 Å². The standard InChI is InChI=1S/C13H21NO4S.BrH/c1-4-18-13(16)10(2)11-7-5-6-8-14(11)19-9-12(15)17-3;/h4-9H2,1-3H3;1H. The molecule has 1 rings (SSSR count). The van der Waals surface area contributed by atoms with E-state index >= 15 is 0 Å². The van der Waals surface area contributed by atoms with E-state index in [1.54, 1.807) is 13.8 Å². The Kier molecular flexibility index (Phi) is 9.75. The van der Waals surface area contributed by atoms with Crippen molar-refractivity contribution in [2.75, 3.05) is 26.0 Å². The van der Waals surface area contributed by atoms with Crippen LogP contribution in [0.4, 0.5) is 0 Å². The Morgan fingerprint density at radius 2 is 2.05 bits per heavy atom. The Morgan fingerprint density at radius 1 is 1.35 bits per heavy atom. The highest BCUT2D eigenvalue weighted by molar-refractivity contribution is 8.93. The summed E-state index contributed by atoms with van der Waals surface area (Å²) >= 11 is 1.40. The number of methoxy groups -OCH3 is 1. The minimum absolute atomic E-state index is 0. The van der Waals surface area contributed by atoms with Gasteiger partial charge in [-0.15, -0.1) is 17.0 Å². The molecule has 1 fully saturated rings. The van der Waals surface area contributed by atoms with Crippen molar-refractivity contribution < 1.29 is 19.1 Å². The largest absolute Gasteiger partial charge is 0.468 e. The molecule has 0 aromatic carbocycles. The minimum Gasteiger partial charge on any atom is -0.468 e. The van der Waals surface area contributed by atoms with Gasteiger partial charge < -0.3 is 13.8 Å². The number of ether oxygens (including phenoxy) is 2. The molecule has 0 N–H and O–H groups in total. The van der Waals surface area contributed by atoms with Gasteiger partial charge in [0.15, 0.2) is 0 Å². The molecule has 0 unspecified atom stereocenters. The van der Waals surface area contributed by atoms with Crippen LogP contribution in [0.2, 0.25) is 0 Å². The predicted octanol–water partition coefficient (Wildman–Crippen LogP) is 2.71. The van der Waals surface area contributed by atoms with E-state index in [2.05, 4.69) is 4.74 Å². The van der Waals surface area contributed by atoms with Gasteiger partial charge in [-0.1, -0.05) is 0 Å². The van der Waals surface area contributed by atoms with Crippen molar-refractivity contribution >= 4 is 40.9 Å². The van der Waals surface area contributed by atoms with E-state index in [1.165, 1.54) is 19.1 Å². The van der Waals surface area contributed by atoms with Crippen molar-refractivity contribution in [2.45, 2.75) is 33.1 Å². The van der Waals surface area contributed by atoms with Crippen LogP contribution in [0.3, 0.4) is 0 Å². The van der Waals surface area contributed by atoms with Crippen molar-refractivity contribution in [2.24, 2.45) is 0 Å². The first-order valence-electron chi connectivity index (χ1n) is 6.44. The summed E-state index contributed by atoms with van der Waals surface area (Å²) in [7, 11) is 1.37. The van der Waals surface area contributed by atoms with Gasteiger partial charge in [0.2, 0.25) is 0 Å². The number of carbonyl (C=O) groups is 2. The topological polar surface area (TPSA) is 55.8 Å². The number of nitrogens with zero attached hydrogens (tertiary/aromatic N) is 1. The SMILES string of the molecule is Br.CCOC(=O)C(C)=C1CCCCN1SCC(=O)OC. The lowest BCUT2D eigenvalue weighted by Gasteiger charge is -2.31. The predicted molar refractivity (Wildman–Crippen MR) is 84.7 cm³/mol. The van der Waals surface area contributed by atoms with Gasteiger partial charge in [0.1, 0.15) is 5.75 Å². The Labute approximate surface area is 135 Å². The molecular weight excluding hydrogens is 346 g/mol. The lowest BCUT2D eigenvalue weighted by Crippen LogP contribution is -2.26. The van der Waals surface area contributed by atoms with Crippen LogP contribution < -0.4 is 0 Å². The van der Waals surface area contributed by atoms with Crippen LogP contribution in [0.1, 0.15) is 33.1 Å². The normalized spacial score (nSPS) is 17.1. The third-order valence-corrected chi connectivity index (χ3v) is 3.99. The number of piperidine rings is 1. The van der Waals surface area contributed by atoms with Crippen molar-refractivity contribution in [1.29, 1.82) is 0 Å². The number of hydrogen-bond donors (Lipinski definition) is 0. The van der Waals surface area contributed by atoms with Gasteiger partial charge in [-0.3, -0.25) is 4.79 Å². The van der Waals surface area contributed by atoms with Crippen LogP contribution in [-0.2, 0) is 19.1 Å². The summed E-state index contributed by atoms with van der Waals surface area (Å²) in [5.74, 6) is -0.275. The molecule has 5 nitrogen and oxygen atoms in total. The van der Waals surface area contributed by atoms with E-state index in [4.69, 9.17) is 4.74 Å². The minimum atomic E-state index is -0.275. The van der Waals surface area contributed by atoms with Gasteiger partial charge in [0.05, 0.1) is 19.3 Å². The van der Waals surface area contributed by atoms with Gasteiger partial charge in [-0.2, -0.15) is 0 Å². The number of halogens is 1. The summed E-state index contributed by atoms with van der Waals surface area (Å²) in [6.45, 7) is 4.79. The average Bonchev–Trinajstić information content (AvgIpc) is 2.44. The Morgan fingerprint density at radius 3 is 2.65 bits per heavy atom. The van der Waals surface area contributed by atoms with Gasteiger partial charge in [0, 0.05) is 12.2 Å². The summed E-state index contributed by atoms with van der Waals surface area (Å²) in [6.07, 6.45) is 2.97. The molecule has 0 spiro atoms. The summed E-state index contributed by atoms with van der Waals surface area (Å²) in [5.41, 5.74) is 1.61. The molecule has 20 heavy (non-hydrogen) atoms. The molecule has 0 saturated carbocycles. The Bertz CT molecular complexity index is 373. The maximum atomic E-state index is 11.8. The van der Waals surface area contributed by atoms with E-state index in [0.717, 1.165) is 31.5 Å². The lowest BCUT2D eigenvalue weighted by atomic mass is 10.1. The van der Waals surface area contributed by atoms with Crippen molar-refractivity contribution in [1.82, 2.24) is 4.31 Å². The molecular formula is C13H22BrNO4S. The van der Waals surface area contributed by atoms with Gasteiger partial charge >= 0.3 is 11.9 Å². The van der Waals surface area contributed by atoms with E-state index in [1.807, 2.05) is 4.31 Å². The van der Waals surface area contributed by atoms with Crippen molar-refractivity contribution in [3.63, 3.8) is 0 Å². The second-order valence-corrected chi connectivity index (χ2v) is 5.19. The molecule has 116 valence electrons. The molecule has 1 aliphatic heterocycles. The highest BCUT2D eigenvalue weighted by Crippen LogP contribution is 2.30. The molecule has 0 amide bonds. The third-order valence-electron chi connectivity index (χ3n) is 2.91. The van der Waals surface area contributed by atoms with E-state index in [9.17, 15) is 9.59 Å². The number of esters is 2. The fraction of sp³-hybridized carbons (Fsp3) is 0.692. The summed E-state index contributed by atoms with van der Waals surface area (Å²) < 4.78 is 11.7. The number of carbonyl (C=O) groups excluding carboxylic acids is 2. The zero-order valence-corrected chi connectivity index (χ0v) is 14.7. The molecule has 0 aliphatic carbocycles. The zero-order chi connectivity index (χ0) is 14.3. The molecule has 0 atom stereocenters. The fourth-order valence-corrected chi connectivity index (χ4v) is 2.89. The van der Waals surface area contributed by atoms with E-state index in [-0.39, 0.29) is 34.7 Å². The first-order valence-corrected chi connectivity index (χ1v) is 7.38. The monoisotopic (exact) mass is 367 g/mol. The van der Waals surface area contributed by atoms with Crippen LogP contribution in [0, 0.1) is 0 Å². The van der Waals surface area contributed by atoms with Crippen LogP contribution >= 0.6 is 28.9 Å². The highest BCUT2D eigenvalue weighted by atomic mass is 79.9. The second kappa shape index (κ2) is 10.1. The maximum absolute atomic E-state index is 11.8. The van der Waals surface area contributed by atoms with Crippen LogP contribution in [0.15, 0.2) is 11.3 Å². The molecule has 0 radical (unpaired) electrons. The number of allylic oxidation sites excluding steroid dienone is 1. The number of hydrogen-bond acceptors (Lipinski definition) is 6. The lowest BCUT2D eigenvalue weighted by molar-refractivity contribution is -0.139. The third kappa shape index (κ3) is 5.75. The molecule has 0 aromatic rings. The molecule has 7 heteroatoms. The number of rotatable bonds is 5. The van der Waals surface area contributed by atoms with Crippen molar-refractivity contribution in [3.05, 3.63) is 11.3 Å². The average molecular weight is 368 g/mol. The maximum Gasteiger partial charge on any atom is 0.335 e. The molecule has 1 heterocycles. The molecule has 1 saturated heterocycles. The summed E-state index contributed by atoms with van der Waals surface area (Å²) in [4.78, 5) is 23.0. The molecule has 0 aromatic heterocycles. The quantitative estimate of drug-likeness (QED) is 0.423. The Hall–Kier alpha value is -0.690. The van der Waals surface area contributed by atoms with E-state index in [0.29, 0.717) is 12.2 Å². The van der Waals surface area contributed by atoms with Crippen LogP contribution in [0.25, 0.3) is 0 Å². The molecule has 0 bridgehead atoms.